The lowest BCUT2D eigenvalue weighted by molar-refractivity contribution is -0.142. The molecule has 0 aromatic rings. The molecule has 4 atom stereocenters. The molecule has 32 heavy (non-hydrogen) atoms. The first kappa shape index (κ1) is 28.6. The van der Waals surface area contributed by atoms with Gasteiger partial charge in [0.2, 0.25) is 29.5 Å². The van der Waals surface area contributed by atoms with Crippen molar-refractivity contribution in [3.05, 3.63) is 0 Å². The Hall–Kier alpha value is -3.40. The third-order valence-electron chi connectivity index (χ3n) is 3.88. The number of hydrogen-bond donors (Lipinski definition) is 9. The summed E-state index contributed by atoms with van der Waals surface area (Å²) in [5.74, 6) is -8.01. The zero-order valence-corrected chi connectivity index (χ0v) is 17.7. The van der Waals surface area contributed by atoms with Gasteiger partial charge in [-0.25, -0.2) is 4.79 Å². The summed E-state index contributed by atoms with van der Waals surface area (Å²) < 4.78 is 0. The number of carbonyl (C=O) groups is 7. The highest BCUT2D eigenvalue weighted by Gasteiger charge is 2.31. The van der Waals surface area contributed by atoms with Crippen molar-refractivity contribution < 1.29 is 43.8 Å². The predicted molar refractivity (Wildman–Crippen MR) is 110 cm³/mol. The van der Waals surface area contributed by atoms with Gasteiger partial charge < -0.3 is 43.4 Å². The van der Waals surface area contributed by atoms with Crippen molar-refractivity contribution in [3.8, 4) is 0 Å². The molecule has 0 rings (SSSR count). The van der Waals surface area contributed by atoms with Crippen LogP contribution < -0.4 is 33.2 Å². The summed E-state index contributed by atoms with van der Waals surface area (Å²) in [5, 5.41) is 24.2. The zero-order valence-electron chi connectivity index (χ0n) is 16.8. The molecule has 15 nitrogen and oxygen atoms in total. The molecule has 5 amide bonds. The Kier molecular flexibility index (Phi) is 12.3. The molecule has 0 aliphatic rings. The maximum atomic E-state index is 12.4. The molecular formula is C16H26N6O9S. The fourth-order valence-corrected chi connectivity index (χ4v) is 2.51. The number of amides is 5. The molecule has 0 saturated carbocycles. The molecule has 11 N–H and O–H groups in total. The number of hydrogen-bond acceptors (Lipinski definition) is 9. The standard InChI is InChI=1S/C16H26N6O9S/c17-6(3-12(25)26)13(27)22-9(5-32)15(29)21-8(4-11(19)24)14(28)20-7(16(30)31)1-2-10(18)23/h6-9,32H,1-5,17H2,(H2,18,23)(H2,19,24)(H,20,28)(H,21,29)(H,22,27)(H,25,26)(H,30,31). The Labute approximate surface area is 187 Å². The predicted octanol–water partition coefficient (Wildman–Crippen LogP) is -4.60. The number of nitrogens with one attached hydrogen (secondary N) is 3. The normalized spacial score (nSPS) is 14.2. The van der Waals surface area contributed by atoms with Gasteiger partial charge in [0.25, 0.3) is 0 Å². The Morgan fingerprint density at radius 2 is 1.25 bits per heavy atom. The van der Waals surface area contributed by atoms with Crippen molar-refractivity contribution in [2.75, 3.05) is 5.75 Å². The number of carboxylic acid groups (broad SMARTS) is 2. The second-order valence-corrected chi connectivity index (χ2v) is 6.95. The van der Waals surface area contributed by atoms with Crippen LogP contribution in [0.25, 0.3) is 0 Å². The van der Waals surface area contributed by atoms with Crippen molar-refractivity contribution >= 4 is 54.1 Å². The lowest BCUT2D eigenvalue weighted by Gasteiger charge is -2.23. The molecule has 0 radical (unpaired) electrons. The topological polar surface area (TPSA) is 274 Å². The number of thiol groups is 1. The monoisotopic (exact) mass is 478 g/mol. The molecule has 16 heteroatoms. The van der Waals surface area contributed by atoms with Gasteiger partial charge in [-0.15, -0.1) is 0 Å². The van der Waals surface area contributed by atoms with E-state index in [9.17, 15) is 33.6 Å². The Morgan fingerprint density at radius 1 is 0.750 bits per heavy atom. The Balaban J connectivity index is 5.30. The minimum Gasteiger partial charge on any atom is -0.481 e. The molecule has 0 aromatic heterocycles. The van der Waals surface area contributed by atoms with Gasteiger partial charge in [-0.2, -0.15) is 12.6 Å². The first-order valence-corrected chi connectivity index (χ1v) is 9.70. The average Bonchev–Trinajstić information content (AvgIpc) is 2.66. The van der Waals surface area contributed by atoms with Crippen molar-refractivity contribution in [3.63, 3.8) is 0 Å². The van der Waals surface area contributed by atoms with E-state index in [1.807, 2.05) is 0 Å². The van der Waals surface area contributed by atoms with E-state index in [4.69, 9.17) is 27.4 Å². The van der Waals surface area contributed by atoms with Crippen molar-refractivity contribution in [1.82, 2.24) is 16.0 Å². The van der Waals surface area contributed by atoms with Gasteiger partial charge in [0.15, 0.2) is 0 Å². The van der Waals surface area contributed by atoms with E-state index in [1.54, 1.807) is 0 Å². The Bertz CT molecular complexity index is 762. The lowest BCUT2D eigenvalue weighted by atomic mass is 10.1. The first-order valence-electron chi connectivity index (χ1n) is 9.07. The second-order valence-electron chi connectivity index (χ2n) is 6.58. The molecule has 0 fully saturated rings. The molecule has 0 aliphatic carbocycles. The third-order valence-corrected chi connectivity index (χ3v) is 4.24. The van der Waals surface area contributed by atoms with E-state index in [0.717, 1.165) is 0 Å². The summed E-state index contributed by atoms with van der Waals surface area (Å²) in [6.45, 7) is 0. The molecule has 0 bridgehead atoms. The highest BCUT2D eigenvalue weighted by Crippen LogP contribution is 2.02. The summed E-state index contributed by atoms with van der Waals surface area (Å²) in [4.78, 5) is 80.9. The minimum absolute atomic E-state index is 0.293. The summed E-state index contributed by atoms with van der Waals surface area (Å²) in [5.41, 5.74) is 15.4. The number of carboxylic acids is 2. The molecule has 0 heterocycles. The quantitative estimate of drug-likeness (QED) is 0.102. The minimum atomic E-state index is -1.62. The molecule has 0 aromatic carbocycles. The van der Waals surface area contributed by atoms with Crippen LogP contribution in [-0.2, 0) is 33.6 Å². The number of nitrogens with two attached hydrogens (primary N) is 3. The zero-order chi connectivity index (χ0) is 25.0. The van der Waals surface area contributed by atoms with Crippen LogP contribution in [0.5, 0.6) is 0 Å². The molecular weight excluding hydrogens is 452 g/mol. The van der Waals surface area contributed by atoms with Crippen molar-refractivity contribution in [2.24, 2.45) is 17.2 Å². The summed E-state index contributed by atoms with van der Waals surface area (Å²) >= 11 is 3.89. The van der Waals surface area contributed by atoms with Crippen LogP contribution in [-0.4, -0.2) is 81.6 Å². The lowest BCUT2D eigenvalue weighted by Crippen LogP contribution is -2.58. The summed E-state index contributed by atoms with van der Waals surface area (Å²) in [7, 11) is 0. The van der Waals surface area contributed by atoms with Crippen molar-refractivity contribution in [2.45, 2.75) is 49.9 Å². The van der Waals surface area contributed by atoms with E-state index in [2.05, 4.69) is 28.6 Å². The third kappa shape index (κ3) is 11.1. The van der Waals surface area contributed by atoms with Crippen LogP contribution >= 0.6 is 12.6 Å². The second kappa shape index (κ2) is 13.8. The molecule has 0 spiro atoms. The van der Waals surface area contributed by atoms with E-state index in [-0.39, 0.29) is 18.6 Å². The van der Waals surface area contributed by atoms with Crippen LogP contribution in [0.2, 0.25) is 0 Å². The van der Waals surface area contributed by atoms with Gasteiger partial charge in [-0.3, -0.25) is 28.8 Å². The SMILES string of the molecule is NC(=O)CCC(NC(=O)C(CC(N)=O)NC(=O)C(CS)NC(=O)C(N)CC(=O)O)C(=O)O. The summed E-state index contributed by atoms with van der Waals surface area (Å²) in [6.07, 6.45) is -2.12. The largest absolute Gasteiger partial charge is 0.481 e. The van der Waals surface area contributed by atoms with Gasteiger partial charge in [0.05, 0.1) is 18.9 Å². The smallest absolute Gasteiger partial charge is 0.326 e. The highest BCUT2D eigenvalue weighted by molar-refractivity contribution is 7.80. The van der Waals surface area contributed by atoms with E-state index >= 15 is 0 Å². The Morgan fingerprint density at radius 3 is 1.69 bits per heavy atom. The molecule has 0 aliphatic heterocycles. The van der Waals surface area contributed by atoms with Crippen LogP contribution in [0.15, 0.2) is 0 Å². The van der Waals surface area contributed by atoms with Crippen molar-refractivity contribution in [1.29, 1.82) is 0 Å². The van der Waals surface area contributed by atoms with Gasteiger partial charge in [-0.05, 0) is 6.42 Å². The molecule has 180 valence electrons. The number of aliphatic carboxylic acids is 2. The van der Waals surface area contributed by atoms with Gasteiger partial charge in [0.1, 0.15) is 18.1 Å². The van der Waals surface area contributed by atoms with Crippen LogP contribution in [0, 0.1) is 0 Å². The van der Waals surface area contributed by atoms with Crippen LogP contribution in [0.3, 0.4) is 0 Å². The van der Waals surface area contributed by atoms with Gasteiger partial charge in [-0.1, -0.05) is 0 Å². The summed E-state index contributed by atoms with van der Waals surface area (Å²) in [6, 6.07) is -6.01. The number of carbonyl (C=O) groups excluding carboxylic acids is 5. The molecule has 0 saturated heterocycles. The highest BCUT2D eigenvalue weighted by atomic mass is 32.1. The fraction of sp³-hybridized carbons (Fsp3) is 0.562. The average molecular weight is 478 g/mol. The molecule has 4 unspecified atom stereocenters. The van der Waals surface area contributed by atoms with Crippen LogP contribution in [0.4, 0.5) is 0 Å². The van der Waals surface area contributed by atoms with Gasteiger partial charge in [0, 0.05) is 12.2 Å². The maximum Gasteiger partial charge on any atom is 0.326 e. The van der Waals surface area contributed by atoms with E-state index < -0.39 is 78.5 Å². The van der Waals surface area contributed by atoms with Gasteiger partial charge >= 0.3 is 11.9 Å². The van der Waals surface area contributed by atoms with E-state index in [0.29, 0.717) is 0 Å². The maximum absolute atomic E-state index is 12.4. The first-order chi connectivity index (χ1) is 14.8. The number of primary amides is 2. The fourth-order valence-electron chi connectivity index (χ4n) is 2.25. The number of rotatable bonds is 15. The van der Waals surface area contributed by atoms with Crippen LogP contribution in [0.1, 0.15) is 25.7 Å². The van der Waals surface area contributed by atoms with E-state index in [1.165, 1.54) is 0 Å².